The number of fused-ring (bicyclic) bond motifs is 1. The fourth-order valence-electron chi connectivity index (χ4n) is 2.90. The van der Waals surface area contributed by atoms with Crippen LogP contribution in [0.15, 0.2) is 59.8 Å². The van der Waals surface area contributed by atoms with Gasteiger partial charge in [-0.25, -0.2) is 0 Å². The molecule has 0 spiro atoms. The molecule has 0 unspecified atom stereocenters. The number of amides is 3. The number of imide groups is 1. The zero-order chi connectivity index (χ0) is 21.1. The van der Waals surface area contributed by atoms with Gasteiger partial charge in [0.2, 0.25) is 5.91 Å². The van der Waals surface area contributed by atoms with Crippen LogP contribution in [-0.2, 0) is 9.59 Å². The molecule has 30 heavy (non-hydrogen) atoms. The lowest BCUT2D eigenvalue weighted by molar-refractivity contribution is -0.127. The monoisotopic (exact) mass is 420 g/mol. The Morgan fingerprint density at radius 1 is 1.13 bits per heavy atom. The number of rotatable bonds is 5. The van der Waals surface area contributed by atoms with Crippen molar-refractivity contribution >= 4 is 51.6 Å². The first-order chi connectivity index (χ1) is 14.5. The quantitative estimate of drug-likeness (QED) is 0.632. The zero-order valence-corrected chi connectivity index (χ0v) is 16.7. The summed E-state index contributed by atoms with van der Waals surface area (Å²) in [5.74, 6) is -0.349. The Morgan fingerprint density at radius 3 is 2.73 bits per heavy atom. The van der Waals surface area contributed by atoms with Gasteiger partial charge in [-0.2, -0.15) is 0 Å². The average Bonchev–Trinajstić information content (AvgIpc) is 3.01. The minimum Gasteiger partial charge on any atom is -0.497 e. The lowest BCUT2D eigenvalue weighted by Gasteiger charge is -2.12. The van der Waals surface area contributed by atoms with Crippen LogP contribution in [0.3, 0.4) is 0 Å². The summed E-state index contributed by atoms with van der Waals surface area (Å²) < 4.78 is 5.16. The molecule has 1 aliphatic rings. The summed E-state index contributed by atoms with van der Waals surface area (Å²) in [5.41, 5.74) is 2.56. The molecule has 0 aliphatic carbocycles. The number of ether oxygens (including phenoxy) is 1. The Bertz CT molecular complexity index is 1190. The lowest BCUT2D eigenvalue weighted by Crippen LogP contribution is -2.36. The fourth-order valence-corrected chi connectivity index (χ4v) is 3.74. The molecule has 0 bridgehead atoms. The molecule has 1 saturated heterocycles. The van der Waals surface area contributed by atoms with E-state index in [9.17, 15) is 14.4 Å². The van der Waals surface area contributed by atoms with E-state index in [4.69, 9.17) is 4.74 Å². The zero-order valence-electron chi connectivity index (χ0n) is 15.9. The molecule has 8 nitrogen and oxygen atoms in total. The molecule has 3 amide bonds. The molecular formula is C21H16N4O4S. The average molecular weight is 420 g/mol. The third-order valence-corrected chi connectivity index (χ3v) is 5.23. The van der Waals surface area contributed by atoms with Crippen molar-refractivity contribution in [3.05, 3.63) is 65.3 Å². The molecule has 2 heterocycles. The minimum atomic E-state index is -0.507. The van der Waals surface area contributed by atoms with Gasteiger partial charge in [0.15, 0.2) is 0 Å². The summed E-state index contributed by atoms with van der Waals surface area (Å²) in [7, 11) is 1.55. The summed E-state index contributed by atoms with van der Waals surface area (Å²) >= 11 is 0.800. The van der Waals surface area contributed by atoms with Gasteiger partial charge in [0.05, 0.1) is 23.0 Å². The Kier molecular flexibility index (Phi) is 5.44. The third kappa shape index (κ3) is 4.15. The van der Waals surface area contributed by atoms with Crippen molar-refractivity contribution in [1.82, 2.24) is 14.9 Å². The molecule has 1 fully saturated rings. The topological polar surface area (TPSA) is 101 Å². The molecule has 1 aromatic heterocycles. The normalized spacial score (nSPS) is 15.1. The van der Waals surface area contributed by atoms with E-state index in [1.165, 1.54) is 0 Å². The predicted molar refractivity (Wildman–Crippen MR) is 114 cm³/mol. The number of carbonyl (C=O) groups excluding carboxylic acids is 3. The molecule has 1 aliphatic heterocycles. The molecule has 4 rings (SSSR count). The van der Waals surface area contributed by atoms with Crippen LogP contribution in [0.1, 0.15) is 5.56 Å². The van der Waals surface area contributed by atoms with Gasteiger partial charge < -0.3 is 10.1 Å². The highest BCUT2D eigenvalue weighted by Gasteiger charge is 2.36. The van der Waals surface area contributed by atoms with Crippen molar-refractivity contribution in [2.24, 2.45) is 0 Å². The van der Waals surface area contributed by atoms with Crippen molar-refractivity contribution < 1.29 is 19.1 Å². The smallest absolute Gasteiger partial charge is 0.294 e. The number of methoxy groups -OCH3 is 1. The number of anilines is 1. The first-order valence-corrected chi connectivity index (χ1v) is 9.75. The van der Waals surface area contributed by atoms with E-state index in [0.717, 1.165) is 22.2 Å². The van der Waals surface area contributed by atoms with E-state index in [0.29, 0.717) is 22.5 Å². The fraction of sp³-hybridized carbons (Fsp3) is 0.0952. The van der Waals surface area contributed by atoms with Crippen molar-refractivity contribution in [2.45, 2.75) is 0 Å². The van der Waals surface area contributed by atoms with E-state index in [2.05, 4.69) is 15.3 Å². The van der Waals surface area contributed by atoms with Crippen LogP contribution in [0.4, 0.5) is 10.5 Å². The number of nitrogens with one attached hydrogen (secondary N) is 1. The number of hydrogen-bond donors (Lipinski definition) is 1. The Balaban J connectivity index is 1.45. The standard InChI is InChI=1S/C21H16N4O4S/c1-29-15-4-2-3-13(9-15)10-18-20(27)25(21(28)30-18)12-19(26)24-14-5-6-16-17(11-14)23-8-7-22-16/h2-11H,12H2,1H3,(H,24,26)/b18-10-. The van der Waals surface area contributed by atoms with E-state index in [1.807, 2.05) is 0 Å². The lowest BCUT2D eigenvalue weighted by atomic mass is 10.2. The summed E-state index contributed by atoms with van der Waals surface area (Å²) in [6.07, 6.45) is 4.75. The van der Waals surface area contributed by atoms with Crippen LogP contribution in [-0.4, -0.2) is 45.6 Å². The van der Waals surface area contributed by atoms with Crippen LogP contribution in [0, 0.1) is 0 Å². The summed E-state index contributed by atoms with van der Waals surface area (Å²) in [4.78, 5) is 46.8. The van der Waals surface area contributed by atoms with Crippen LogP contribution in [0.5, 0.6) is 5.75 Å². The highest BCUT2D eigenvalue weighted by Crippen LogP contribution is 2.32. The van der Waals surface area contributed by atoms with Gasteiger partial charge >= 0.3 is 0 Å². The largest absolute Gasteiger partial charge is 0.497 e. The van der Waals surface area contributed by atoms with Crippen molar-refractivity contribution in [1.29, 1.82) is 0 Å². The third-order valence-electron chi connectivity index (χ3n) is 4.32. The molecular weight excluding hydrogens is 404 g/mol. The van der Waals surface area contributed by atoms with Crippen LogP contribution in [0.2, 0.25) is 0 Å². The maximum Gasteiger partial charge on any atom is 0.294 e. The highest BCUT2D eigenvalue weighted by molar-refractivity contribution is 8.18. The van der Waals surface area contributed by atoms with Crippen LogP contribution >= 0.6 is 11.8 Å². The van der Waals surface area contributed by atoms with Crippen molar-refractivity contribution in [3.8, 4) is 5.75 Å². The van der Waals surface area contributed by atoms with Crippen LogP contribution < -0.4 is 10.1 Å². The number of benzene rings is 2. The second-order valence-electron chi connectivity index (χ2n) is 6.35. The molecule has 1 N–H and O–H groups in total. The summed E-state index contributed by atoms with van der Waals surface area (Å²) in [6.45, 7) is -0.376. The number of carbonyl (C=O) groups is 3. The van der Waals surface area contributed by atoms with Crippen molar-refractivity contribution in [3.63, 3.8) is 0 Å². The molecule has 0 atom stereocenters. The van der Waals surface area contributed by atoms with Gasteiger partial charge in [0.1, 0.15) is 12.3 Å². The highest BCUT2D eigenvalue weighted by atomic mass is 32.2. The van der Waals surface area contributed by atoms with Gasteiger partial charge in [-0.05, 0) is 53.7 Å². The molecule has 9 heteroatoms. The van der Waals surface area contributed by atoms with Crippen molar-refractivity contribution in [2.75, 3.05) is 19.0 Å². The molecule has 0 radical (unpaired) electrons. The first kappa shape index (κ1) is 19.6. The Hall–Kier alpha value is -3.72. The van der Waals surface area contributed by atoms with Gasteiger partial charge in [-0.1, -0.05) is 12.1 Å². The van der Waals surface area contributed by atoms with E-state index in [1.54, 1.807) is 68.0 Å². The number of aromatic nitrogens is 2. The Labute approximate surface area is 175 Å². The van der Waals surface area contributed by atoms with Gasteiger partial charge in [0.25, 0.3) is 11.1 Å². The van der Waals surface area contributed by atoms with Gasteiger partial charge in [-0.15, -0.1) is 0 Å². The second kappa shape index (κ2) is 8.34. The molecule has 0 saturated carbocycles. The van der Waals surface area contributed by atoms with E-state index in [-0.39, 0.29) is 11.4 Å². The maximum atomic E-state index is 12.6. The summed E-state index contributed by atoms with van der Waals surface area (Å²) in [6, 6.07) is 12.2. The van der Waals surface area contributed by atoms with Gasteiger partial charge in [0, 0.05) is 18.1 Å². The maximum absolute atomic E-state index is 12.6. The van der Waals surface area contributed by atoms with E-state index < -0.39 is 17.1 Å². The SMILES string of the molecule is COc1cccc(/C=C2\SC(=O)N(CC(=O)Nc3ccc4nccnc4c3)C2=O)c1. The second-order valence-corrected chi connectivity index (χ2v) is 7.35. The van der Waals surface area contributed by atoms with E-state index >= 15 is 0 Å². The Morgan fingerprint density at radius 2 is 1.93 bits per heavy atom. The molecule has 150 valence electrons. The molecule has 3 aromatic rings. The number of nitrogens with zero attached hydrogens (tertiary/aromatic N) is 3. The van der Waals surface area contributed by atoms with Crippen LogP contribution in [0.25, 0.3) is 17.1 Å². The number of hydrogen-bond acceptors (Lipinski definition) is 7. The van der Waals surface area contributed by atoms with Gasteiger partial charge in [-0.3, -0.25) is 29.3 Å². The number of thioether (sulfide) groups is 1. The predicted octanol–water partition coefficient (Wildman–Crippen LogP) is 3.31. The summed E-state index contributed by atoms with van der Waals surface area (Å²) in [5, 5.41) is 2.19. The minimum absolute atomic E-state index is 0.252. The first-order valence-electron chi connectivity index (χ1n) is 8.93. The molecule has 2 aromatic carbocycles.